The summed E-state index contributed by atoms with van der Waals surface area (Å²) in [5.41, 5.74) is 1.35. The van der Waals surface area contributed by atoms with Gasteiger partial charge in [-0.3, -0.25) is 0 Å². The molecule has 5 heterocycles. The number of fused-ring (bicyclic) bond motifs is 4. The van der Waals surface area contributed by atoms with Gasteiger partial charge in [0.15, 0.2) is 11.5 Å². The molecule has 3 aromatic rings. The van der Waals surface area contributed by atoms with E-state index in [2.05, 4.69) is 6.92 Å². The smallest absolute Gasteiger partial charge is 0.538 e. The van der Waals surface area contributed by atoms with Crippen LogP contribution >= 0.6 is 0 Å². The summed E-state index contributed by atoms with van der Waals surface area (Å²) < 4.78 is 29.4. The first-order valence-corrected chi connectivity index (χ1v) is 7.80. The Bertz CT molecular complexity index is 828. The molecule has 0 aliphatic carbocycles. The number of rotatable bonds is 2. The van der Waals surface area contributed by atoms with E-state index in [1.807, 2.05) is 42.5 Å². The van der Waals surface area contributed by atoms with Gasteiger partial charge in [0.25, 0.3) is 0 Å². The first kappa shape index (κ1) is 16.1. The van der Waals surface area contributed by atoms with Crippen molar-refractivity contribution in [2.45, 2.75) is 6.92 Å². The molecule has 3 saturated heterocycles. The van der Waals surface area contributed by atoms with Crippen molar-refractivity contribution < 1.29 is 41.7 Å². The molecule has 3 aliphatic heterocycles. The number of para-hydroxylation sites is 1. The third-order valence-corrected chi connectivity index (χ3v) is 4.60. The summed E-state index contributed by atoms with van der Waals surface area (Å²) in [5, 5.41) is 1.04. The second kappa shape index (κ2) is 5.55. The zero-order valence-corrected chi connectivity index (χ0v) is 13.8. The van der Waals surface area contributed by atoms with Crippen LogP contribution in [0.15, 0.2) is 51.3 Å². The van der Waals surface area contributed by atoms with Gasteiger partial charge in [0.05, 0.1) is 0 Å². The standard InChI is InChI=1S/C17H16BO5.Li/c1-17-9-19-18(20-10-17,21-11-17)16-7-6-14(23-16)15-8-12-4-2-3-5-13(12)22-15;/h2-8H,9-11H2,1H3;/q-1;+1. The molecule has 0 saturated carbocycles. The molecule has 0 radical (unpaired) electrons. The largest absolute Gasteiger partial charge is 1.00 e. The van der Waals surface area contributed by atoms with Gasteiger partial charge < -0.3 is 22.8 Å². The van der Waals surface area contributed by atoms with E-state index in [4.69, 9.17) is 22.8 Å². The molecule has 2 aromatic heterocycles. The van der Waals surface area contributed by atoms with Crippen LogP contribution in [0.3, 0.4) is 0 Å². The Balaban J connectivity index is 0.00000146. The number of hydrogen-bond donors (Lipinski definition) is 0. The van der Waals surface area contributed by atoms with Gasteiger partial charge >= 0.3 is 25.6 Å². The molecule has 6 rings (SSSR count). The molecule has 0 unspecified atom stereocenters. The summed E-state index contributed by atoms with van der Waals surface area (Å²) in [6.45, 7) is 1.98. The summed E-state index contributed by atoms with van der Waals surface area (Å²) in [4.78, 5) is 0. The van der Waals surface area contributed by atoms with E-state index >= 15 is 0 Å². The summed E-state index contributed by atoms with van der Waals surface area (Å²) >= 11 is 0. The Morgan fingerprint density at radius 2 is 1.58 bits per heavy atom. The fraction of sp³-hybridized carbons (Fsp3) is 0.294. The zero-order chi connectivity index (χ0) is 15.5. The van der Waals surface area contributed by atoms with Crippen molar-refractivity contribution in [3.8, 4) is 11.5 Å². The maximum atomic E-state index is 5.95. The second-order valence-electron chi connectivity index (χ2n) is 6.74. The first-order valence-electron chi connectivity index (χ1n) is 7.80. The molecule has 3 aliphatic rings. The van der Waals surface area contributed by atoms with Crippen LogP contribution in [0.1, 0.15) is 6.92 Å². The Hall–Kier alpha value is -1.42. The SMILES string of the molecule is CC12CO[B-](c3ccc(-c4cc5ccccc5o4)o3)(OC1)OC2.[Li+]. The maximum absolute atomic E-state index is 5.95. The molecule has 0 atom stereocenters. The minimum atomic E-state index is -1.96. The second-order valence-corrected chi connectivity index (χ2v) is 6.74. The summed E-state index contributed by atoms with van der Waals surface area (Å²) in [7, 11) is 0. The van der Waals surface area contributed by atoms with Gasteiger partial charge in [-0.25, -0.2) is 0 Å². The van der Waals surface area contributed by atoms with Gasteiger partial charge in [0, 0.05) is 36.3 Å². The normalized spacial score (nSPS) is 28.9. The van der Waals surface area contributed by atoms with E-state index in [1.165, 1.54) is 0 Å². The van der Waals surface area contributed by atoms with E-state index in [0.29, 0.717) is 37.0 Å². The van der Waals surface area contributed by atoms with Crippen molar-refractivity contribution >= 4 is 23.4 Å². The summed E-state index contributed by atoms with van der Waals surface area (Å²) in [6.07, 6.45) is 0. The monoisotopic (exact) mass is 318 g/mol. The van der Waals surface area contributed by atoms with E-state index in [-0.39, 0.29) is 24.3 Å². The molecule has 5 nitrogen and oxygen atoms in total. The van der Waals surface area contributed by atoms with Crippen molar-refractivity contribution in [2.24, 2.45) is 5.41 Å². The predicted molar refractivity (Wildman–Crippen MR) is 85.3 cm³/mol. The van der Waals surface area contributed by atoms with Crippen molar-refractivity contribution in [1.82, 2.24) is 0 Å². The Kier molecular flexibility index (Phi) is 3.72. The predicted octanol–water partition coefficient (Wildman–Crippen LogP) is -0.0740. The average Bonchev–Trinajstić information content (AvgIpc) is 3.23. The van der Waals surface area contributed by atoms with Crippen LogP contribution in [0.25, 0.3) is 22.5 Å². The van der Waals surface area contributed by atoms with Gasteiger partial charge in [-0.05, 0) is 18.2 Å². The van der Waals surface area contributed by atoms with Crippen molar-refractivity contribution in [1.29, 1.82) is 0 Å². The molecular weight excluding hydrogens is 302 g/mol. The van der Waals surface area contributed by atoms with Crippen LogP contribution in [-0.4, -0.2) is 26.6 Å². The molecule has 1 aromatic carbocycles. The minimum absolute atomic E-state index is 0. The van der Waals surface area contributed by atoms with Gasteiger partial charge in [-0.1, -0.05) is 31.2 Å². The van der Waals surface area contributed by atoms with Gasteiger partial charge in [-0.2, -0.15) is 0 Å². The third-order valence-electron chi connectivity index (χ3n) is 4.60. The molecule has 3 fully saturated rings. The van der Waals surface area contributed by atoms with Gasteiger partial charge in [-0.15, -0.1) is 0 Å². The molecule has 118 valence electrons. The van der Waals surface area contributed by atoms with E-state index < -0.39 is 6.75 Å². The van der Waals surface area contributed by atoms with Crippen molar-refractivity contribution in [3.05, 3.63) is 42.5 Å². The van der Waals surface area contributed by atoms with E-state index in [1.54, 1.807) is 0 Å². The van der Waals surface area contributed by atoms with Crippen LogP contribution in [0.5, 0.6) is 0 Å². The van der Waals surface area contributed by atoms with Crippen LogP contribution in [0.2, 0.25) is 0 Å². The van der Waals surface area contributed by atoms with Crippen LogP contribution in [0.4, 0.5) is 0 Å². The fourth-order valence-corrected chi connectivity index (χ4v) is 3.23. The average molecular weight is 318 g/mol. The zero-order valence-electron chi connectivity index (χ0n) is 13.8. The Labute approximate surface area is 151 Å². The molecule has 2 bridgehead atoms. The molecule has 7 heteroatoms. The minimum Gasteiger partial charge on any atom is -0.538 e. The topological polar surface area (TPSA) is 54.0 Å². The van der Waals surface area contributed by atoms with E-state index in [9.17, 15) is 0 Å². The van der Waals surface area contributed by atoms with E-state index in [0.717, 1.165) is 11.0 Å². The Morgan fingerprint density at radius 3 is 2.29 bits per heavy atom. The van der Waals surface area contributed by atoms with Crippen molar-refractivity contribution in [2.75, 3.05) is 19.8 Å². The van der Waals surface area contributed by atoms with Gasteiger partial charge in [0.1, 0.15) is 5.58 Å². The van der Waals surface area contributed by atoms with Crippen molar-refractivity contribution in [3.63, 3.8) is 0 Å². The number of benzene rings is 1. The first-order chi connectivity index (χ1) is 11.2. The summed E-state index contributed by atoms with van der Waals surface area (Å²) in [5.74, 6) is 1.32. The molecule has 0 amide bonds. The fourth-order valence-electron chi connectivity index (χ4n) is 3.23. The maximum Gasteiger partial charge on any atom is 1.00 e. The van der Waals surface area contributed by atoms with Crippen LogP contribution in [0, 0.1) is 5.41 Å². The van der Waals surface area contributed by atoms with Crippen LogP contribution < -0.4 is 24.5 Å². The molecule has 24 heavy (non-hydrogen) atoms. The quantitative estimate of drug-likeness (QED) is 0.619. The molecule has 0 N–H and O–H groups in total. The number of furan rings is 2. The van der Waals surface area contributed by atoms with Crippen LogP contribution in [-0.2, 0) is 14.0 Å². The summed E-state index contributed by atoms with van der Waals surface area (Å²) in [6, 6.07) is 13.5. The van der Waals surface area contributed by atoms with Gasteiger partial charge in [0.2, 0.25) is 0 Å². The Morgan fingerprint density at radius 1 is 0.875 bits per heavy atom. The number of hydrogen-bond acceptors (Lipinski definition) is 5. The molecular formula is C17H16BLiO5. The molecule has 0 spiro atoms. The third kappa shape index (κ3) is 2.38.